The third-order valence-electron chi connectivity index (χ3n) is 5.57. The Morgan fingerprint density at radius 2 is 1.71 bits per heavy atom. The molecule has 2 nitrogen and oxygen atoms in total. The van der Waals surface area contributed by atoms with E-state index in [0.717, 1.165) is 31.2 Å². The van der Waals surface area contributed by atoms with E-state index in [9.17, 15) is 4.39 Å². The molecule has 1 unspecified atom stereocenters. The molecule has 1 atom stereocenters. The number of halogens is 1. The van der Waals surface area contributed by atoms with Crippen LogP contribution in [0.1, 0.15) is 30.9 Å². The Bertz CT molecular complexity index is 710. The first-order valence-corrected chi connectivity index (χ1v) is 9.03. The van der Waals surface area contributed by atoms with Crippen LogP contribution < -0.4 is 0 Å². The maximum absolute atomic E-state index is 13.1. The molecular weight excluding hydrogens is 299 g/mol. The van der Waals surface area contributed by atoms with Gasteiger partial charge in [-0.15, -0.1) is 0 Å². The van der Waals surface area contributed by atoms with E-state index in [1.165, 1.54) is 54.8 Å². The number of benzene rings is 2. The molecule has 0 bridgehead atoms. The molecule has 1 fully saturated rings. The first-order chi connectivity index (χ1) is 11.7. The number of hydrogen-bond acceptors (Lipinski definition) is 2. The highest BCUT2D eigenvalue weighted by molar-refractivity contribution is 5.65. The summed E-state index contributed by atoms with van der Waals surface area (Å²) in [5, 5.41) is 0. The van der Waals surface area contributed by atoms with Gasteiger partial charge in [0.05, 0.1) is 0 Å². The summed E-state index contributed by atoms with van der Waals surface area (Å²) in [6.45, 7) is 8.02. The van der Waals surface area contributed by atoms with E-state index < -0.39 is 0 Å². The van der Waals surface area contributed by atoms with Crippen LogP contribution in [0.25, 0.3) is 11.1 Å². The second-order valence-electron chi connectivity index (χ2n) is 7.23. The van der Waals surface area contributed by atoms with Gasteiger partial charge in [0, 0.05) is 32.2 Å². The van der Waals surface area contributed by atoms with Crippen molar-refractivity contribution in [2.45, 2.75) is 38.9 Å². The summed E-state index contributed by atoms with van der Waals surface area (Å²) in [6.07, 6.45) is 2.70. The van der Waals surface area contributed by atoms with E-state index in [1.807, 2.05) is 12.1 Å². The van der Waals surface area contributed by atoms with Crippen molar-refractivity contribution in [1.29, 1.82) is 0 Å². The number of fused-ring (bicyclic) bond motifs is 1. The lowest BCUT2D eigenvalue weighted by Crippen LogP contribution is -2.34. The van der Waals surface area contributed by atoms with Crippen LogP contribution >= 0.6 is 0 Å². The van der Waals surface area contributed by atoms with E-state index in [0.29, 0.717) is 0 Å². The van der Waals surface area contributed by atoms with Crippen molar-refractivity contribution >= 4 is 0 Å². The van der Waals surface area contributed by atoms with Crippen LogP contribution in [0.4, 0.5) is 4.39 Å². The fourth-order valence-corrected chi connectivity index (χ4v) is 4.04. The van der Waals surface area contributed by atoms with E-state index >= 15 is 0 Å². The van der Waals surface area contributed by atoms with Crippen molar-refractivity contribution in [1.82, 2.24) is 9.80 Å². The molecular formula is C21H25FN2. The predicted molar refractivity (Wildman–Crippen MR) is 96.2 cm³/mol. The molecule has 0 N–H and O–H groups in total. The molecule has 2 aliphatic heterocycles. The summed E-state index contributed by atoms with van der Waals surface area (Å²) in [4.78, 5) is 5.16. The number of hydrogen-bond donors (Lipinski definition) is 0. The molecule has 0 spiro atoms. The highest BCUT2D eigenvalue weighted by Gasteiger charge is 2.23. The van der Waals surface area contributed by atoms with Crippen LogP contribution in [0, 0.1) is 5.82 Å². The van der Waals surface area contributed by atoms with Crippen LogP contribution in [0.2, 0.25) is 0 Å². The molecule has 0 saturated carbocycles. The Labute approximate surface area is 143 Å². The van der Waals surface area contributed by atoms with E-state index in [1.54, 1.807) is 0 Å². The molecule has 0 aromatic heterocycles. The standard InChI is InChI=1S/C21H25FN2/c1-16-3-2-10-24(16)12-11-23-14-19-5-4-18(13-20(19)15-23)17-6-8-21(22)9-7-17/h4-9,13,16H,2-3,10-12,14-15H2,1H3. The zero-order valence-electron chi connectivity index (χ0n) is 14.3. The first-order valence-electron chi connectivity index (χ1n) is 9.03. The third-order valence-corrected chi connectivity index (χ3v) is 5.57. The smallest absolute Gasteiger partial charge is 0.123 e. The maximum atomic E-state index is 13.1. The minimum atomic E-state index is -0.178. The molecule has 0 radical (unpaired) electrons. The van der Waals surface area contributed by atoms with Crippen LogP contribution in [0.3, 0.4) is 0 Å². The fraction of sp³-hybridized carbons (Fsp3) is 0.429. The zero-order valence-corrected chi connectivity index (χ0v) is 14.3. The SMILES string of the molecule is CC1CCCN1CCN1Cc2ccc(-c3ccc(F)cc3)cc2C1. The van der Waals surface area contributed by atoms with Gasteiger partial charge in [-0.1, -0.05) is 24.3 Å². The van der Waals surface area contributed by atoms with Gasteiger partial charge in [0.2, 0.25) is 0 Å². The fourth-order valence-electron chi connectivity index (χ4n) is 4.04. The summed E-state index contributed by atoms with van der Waals surface area (Å²) in [6, 6.07) is 14.2. The molecule has 0 aliphatic carbocycles. The van der Waals surface area contributed by atoms with Gasteiger partial charge in [-0.05, 0) is 66.8 Å². The molecule has 2 heterocycles. The lowest BCUT2D eigenvalue weighted by molar-refractivity contribution is 0.201. The van der Waals surface area contributed by atoms with Crippen molar-refractivity contribution in [3.63, 3.8) is 0 Å². The number of nitrogens with zero attached hydrogens (tertiary/aromatic N) is 2. The van der Waals surface area contributed by atoms with Gasteiger partial charge in [0.15, 0.2) is 0 Å². The first kappa shape index (κ1) is 15.8. The van der Waals surface area contributed by atoms with Gasteiger partial charge in [-0.2, -0.15) is 0 Å². The summed E-state index contributed by atoms with van der Waals surface area (Å²) in [5.41, 5.74) is 5.13. The number of rotatable bonds is 4. The van der Waals surface area contributed by atoms with E-state index in [2.05, 4.69) is 34.9 Å². The molecule has 24 heavy (non-hydrogen) atoms. The average molecular weight is 324 g/mol. The molecule has 4 rings (SSSR count). The Morgan fingerprint density at radius 3 is 2.46 bits per heavy atom. The van der Waals surface area contributed by atoms with Gasteiger partial charge < -0.3 is 0 Å². The molecule has 2 aromatic carbocycles. The van der Waals surface area contributed by atoms with Crippen molar-refractivity contribution < 1.29 is 4.39 Å². The van der Waals surface area contributed by atoms with Gasteiger partial charge in [0.25, 0.3) is 0 Å². The Morgan fingerprint density at radius 1 is 0.958 bits per heavy atom. The monoisotopic (exact) mass is 324 g/mol. The lowest BCUT2D eigenvalue weighted by Gasteiger charge is -2.24. The molecule has 2 aromatic rings. The van der Waals surface area contributed by atoms with Crippen LogP contribution in [-0.4, -0.2) is 35.5 Å². The summed E-state index contributed by atoms with van der Waals surface area (Å²) in [5.74, 6) is -0.178. The van der Waals surface area contributed by atoms with Crippen molar-refractivity contribution in [3.8, 4) is 11.1 Å². The van der Waals surface area contributed by atoms with Crippen molar-refractivity contribution in [2.24, 2.45) is 0 Å². The average Bonchev–Trinajstić information content (AvgIpc) is 3.18. The van der Waals surface area contributed by atoms with E-state index in [4.69, 9.17) is 0 Å². The molecule has 1 saturated heterocycles. The summed E-state index contributed by atoms with van der Waals surface area (Å²) >= 11 is 0. The van der Waals surface area contributed by atoms with Gasteiger partial charge >= 0.3 is 0 Å². The topological polar surface area (TPSA) is 6.48 Å². The molecule has 0 amide bonds. The predicted octanol–water partition coefficient (Wildman–Crippen LogP) is 4.29. The minimum absolute atomic E-state index is 0.178. The quantitative estimate of drug-likeness (QED) is 0.828. The summed E-state index contributed by atoms with van der Waals surface area (Å²) in [7, 11) is 0. The lowest BCUT2D eigenvalue weighted by atomic mass is 10.0. The van der Waals surface area contributed by atoms with Crippen molar-refractivity contribution in [2.75, 3.05) is 19.6 Å². The molecule has 2 aliphatic rings. The van der Waals surface area contributed by atoms with E-state index in [-0.39, 0.29) is 5.82 Å². The molecule has 126 valence electrons. The van der Waals surface area contributed by atoms with Crippen LogP contribution in [-0.2, 0) is 13.1 Å². The van der Waals surface area contributed by atoms with Crippen LogP contribution in [0.5, 0.6) is 0 Å². The second-order valence-corrected chi connectivity index (χ2v) is 7.23. The number of likely N-dealkylation sites (tertiary alicyclic amines) is 1. The second kappa shape index (κ2) is 6.66. The normalized spacial score (nSPS) is 21.3. The Balaban J connectivity index is 1.42. The summed E-state index contributed by atoms with van der Waals surface area (Å²) < 4.78 is 13.1. The highest BCUT2D eigenvalue weighted by atomic mass is 19.1. The third kappa shape index (κ3) is 3.24. The largest absolute Gasteiger partial charge is 0.299 e. The van der Waals surface area contributed by atoms with Gasteiger partial charge in [0.1, 0.15) is 5.82 Å². The van der Waals surface area contributed by atoms with Gasteiger partial charge in [-0.25, -0.2) is 4.39 Å². The molecule has 3 heteroatoms. The maximum Gasteiger partial charge on any atom is 0.123 e. The van der Waals surface area contributed by atoms with Gasteiger partial charge in [-0.3, -0.25) is 9.80 Å². The Hall–Kier alpha value is -1.71. The Kier molecular flexibility index (Phi) is 4.38. The van der Waals surface area contributed by atoms with Crippen LogP contribution in [0.15, 0.2) is 42.5 Å². The van der Waals surface area contributed by atoms with Crippen molar-refractivity contribution in [3.05, 3.63) is 59.4 Å². The highest BCUT2D eigenvalue weighted by Crippen LogP contribution is 2.28. The zero-order chi connectivity index (χ0) is 16.5. The minimum Gasteiger partial charge on any atom is -0.299 e.